The van der Waals surface area contributed by atoms with E-state index >= 15 is 0 Å². The van der Waals surface area contributed by atoms with E-state index in [2.05, 4.69) is 31.7 Å². The molecule has 4 rings (SSSR count). The molecule has 1 aliphatic carbocycles. The minimum absolute atomic E-state index is 0.138. The van der Waals surface area contributed by atoms with Crippen LogP contribution in [0.25, 0.3) is 0 Å². The Labute approximate surface area is 144 Å². The predicted molar refractivity (Wildman–Crippen MR) is 92.4 cm³/mol. The Balaban J connectivity index is 1.44. The van der Waals surface area contributed by atoms with Crippen LogP contribution in [0.2, 0.25) is 0 Å². The van der Waals surface area contributed by atoms with Crippen LogP contribution in [0.1, 0.15) is 37.9 Å². The van der Waals surface area contributed by atoms with E-state index in [1.165, 1.54) is 12.8 Å². The summed E-state index contributed by atoms with van der Waals surface area (Å²) in [5, 5.41) is 0. The fourth-order valence-electron chi connectivity index (χ4n) is 4.31. The van der Waals surface area contributed by atoms with E-state index in [9.17, 15) is 4.79 Å². The third-order valence-electron chi connectivity index (χ3n) is 6.19. The Kier molecular flexibility index (Phi) is 4.35. The second-order valence-electron chi connectivity index (χ2n) is 7.93. The first-order valence-electron chi connectivity index (χ1n) is 9.34. The zero-order valence-corrected chi connectivity index (χ0v) is 14.7. The molecule has 1 N–H and O–H groups in total. The van der Waals surface area contributed by atoms with Gasteiger partial charge in [0.15, 0.2) is 0 Å². The van der Waals surface area contributed by atoms with Gasteiger partial charge in [-0.05, 0) is 38.6 Å². The van der Waals surface area contributed by atoms with Gasteiger partial charge in [0.25, 0.3) is 0 Å². The lowest BCUT2D eigenvalue weighted by Gasteiger charge is -2.49. The number of aromatic amines is 1. The minimum atomic E-state index is 0.138. The van der Waals surface area contributed by atoms with Crippen molar-refractivity contribution in [2.24, 2.45) is 5.92 Å². The van der Waals surface area contributed by atoms with Crippen LogP contribution in [-0.2, 0) is 11.3 Å². The zero-order chi connectivity index (χ0) is 16.6. The Morgan fingerprint density at radius 1 is 1.29 bits per heavy atom. The number of hydrogen-bond donors (Lipinski definition) is 1. The highest BCUT2D eigenvalue weighted by molar-refractivity contribution is 5.76. The maximum absolute atomic E-state index is 12.5. The molecular weight excluding hydrogens is 302 g/mol. The molecular formula is C18H29N5O. The predicted octanol–water partition coefficient (Wildman–Crippen LogP) is 1.32. The number of likely N-dealkylation sites (N-methyl/N-ethyl adjacent to an activating group) is 1. The average Bonchev–Trinajstić information content (AvgIpc) is 3.28. The largest absolute Gasteiger partial charge is 0.348 e. The smallest absolute Gasteiger partial charge is 0.222 e. The second kappa shape index (κ2) is 6.48. The van der Waals surface area contributed by atoms with Crippen LogP contribution in [0.4, 0.5) is 0 Å². The summed E-state index contributed by atoms with van der Waals surface area (Å²) in [5.41, 5.74) is 0.138. The van der Waals surface area contributed by atoms with Gasteiger partial charge in [-0.1, -0.05) is 0 Å². The highest BCUT2D eigenvalue weighted by Crippen LogP contribution is 2.35. The van der Waals surface area contributed by atoms with E-state index in [1.807, 2.05) is 12.4 Å². The van der Waals surface area contributed by atoms with Gasteiger partial charge in [-0.25, -0.2) is 4.98 Å². The van der Waals surface area contributed by atoms with Gasteiger partial charge in [-0.3, -0.25) is 14.6 Å². The van der Waals surface area contributed by atoms with Gasteiger partial charge in [-0.15, -0.1) is 0 Å². The van der Waals surface area contributed by atoms with Crippen LogP contribution >= 0.6 is 0 Å². The quantitative estimate of drug-likeness (QED) is 0.904. The molecule has 6 nitrogen and oxygen atoms in total. The van der Waals surface area contributed by atoms with Crippen molar-refractivity contribution in [2.45, 2.75) is 44.2 Å². The first-order valence-corrected chi connectivity index (χ1v) is 9.34. The summed E-state index contributed by atoms with van der Waals surface area (Å²) in [4.78, 5) is 27.3. The van der Waals surface area contributed by atoms with E-state index < -0.39 is 0 Å². The van der Waals surface area contributed by atoms with Gasteiger partial charge in [0.05, 0.1) is 6.54 Å². The Bertz CT molecular complexity index is 570. The number of nitrogens with one attached hydrogen (secondary N) is 1. The molecule has 0 aromatic carbocycles. The summed E-state index contributed by atoms with van der Waals surface area (Å²) in [6.45, 7) is 5.97. The molecule has 3 fully saturated rings. The van der Waals surface area contributed by atoms with Crippen LogP contribution in [0.3, 0.4) is 0 Å². The van der Waals surface area contributed by atoms with E-state index in [-0.39, 0.29) is 5.54 Å². The maximum atomic E-state index is 12.5. The number of hydrogen-bond acceptors (Lipinski definition) is 4. The molecule has 0 bridgehead atoms. The second-order valence-corrected chi connectivity index (χ2v) is 7.93. The summed E-state index contributed by atoms with van der Waals surface area (Å²) < 4.78 is 0. The number of H-pyrrole nitrogens is 1. The van der Waals surface area contributed by atoms with Crippen LogP contribution < -0.4 is 0 Å². The number of carbonyl (C=O) groups excluding carboxylic acids is 1. The summed E-state index contributed by atoms with van der Waals surface area (Å²) in [5.74, 6) is 2.19. The van der Waals surface area contributed by atoms with Crippen LogP contribution in [0.5, 0.6) is 0 Å². The number of imidazole rings is 1. The van der Waals surface area contributed by atoms with Gasteiger partial charge in [0, 0.05) is 57.1 Å². The maximum Gasteiger partial charge on any atom is 0.222 e. The molecule has 1 spiro atoms. The number of aromatic nitrogens is 2. The van der Waals surface area contributed by atoms with Crippen molar-refractivity contribution < 1.29 is 4.79 Å². The van der Waals surface area contributed by atoms with Crippen molar-refractivity contribution in [2.75, 3.05) is 39.8 Å². The van der Waals surface area contributed by atoms with Gasteiger partial charge < -0.3 is 9.88 Å². The summed E-state index contributed by atoms with van der Waals surface area (Å²) >= 11 is 0. The Hall–Kier alpha value is -1.40. The first-order chi connectivity index (χ1) is 11.6. The van der Waals surface area contributed by atoms with Crippen molar-refractivity contribution in [1.29, 1.82) is 0 Å². The van der Waals surface area contributed by atoms with Gasteiger partial charge in [0.1, 0.15) is 5.82 Å². The number of rotatable bonds is 4. The monoisotopic (exact) mass is 331 g/mol. The summed E-state index contributed by atoms with van der Waals surface area (Å²) in [6.07, 6.45) is 9.11. The molecule has 2 saturated heterocycles. The lowest BCUT2D eigenvalue weighted by atomic mass is 9.86. The SMILES string of the molecule is CN1CCN(Cc2ncc[nH]2)C[C@]12CCC(=O)N(CC1CC1)CC2. The molecule has 3 heterocycles. The van der Waals surface area contributed by atoms with Crippen LogP contribution in [0, 0.1) is 5.92 Å². The van der Waals surface area contributed by atoms with E-state index in [0.717, 1.165) is 63.9 Å². The molecule has 0 unspecified atom stereocenters. The van der Waals surface area contributed by atoms with Gasteiger partial charge in [0.2, 0.25) is 5.91 Å². The highest BCUT2D eigenvalue weighted by atomic mass is 16.2. The van der Waals surface area contributed by atoms with Crippen molar-refractivity contribution in [3.63, 3.8) is 0 Å². The van der Waals surface area contributed by atoms with Crippen molar-refractivity contribution in [3.8, 4) is 0 Å². The molecule has 6 heteroatoms. The molecule has 3 aliphatic rings. The minimum Gasteiger partial charge on any atom is -0.348 e. The molecule has 2 aliphatic heterocycles. The van der Waals surface area contributed by atoms with Crippen LogP contribution in [-0.4, -0.2) is 75.9 Å². The third kappa shape index (κ3) is 3.35. The highest BCUT2D eigenvalue weighted by Gasteiger charge is 2.42. The fourth-order valence-corrected chi connectivity index (χ4v) is 4.31. The zero-order valence-electron chi connectivity index (χ0n) is 14.7. The van der Waals surface area contributed by atoms with Gasteiger partial charge in [-0.2, -0.15) is 0 Å². The molecule has 1 amide bonds. The Morgan fingerprint density at radius 2 is 2.17 bits per heavy atom. The molecule has 1 aromatic heterocycles. The molecule has 1 aromatic rings. The molecule has 1 atom stereocenters. The lowest BCUT2D eigenvalue weighted by molar-refractivity contribution is -0.131. The topological polar surface area (TPSA) is 55.5 Å². The number of piperazine rings is 1. The van der Waals surface area contributed by atoms with Crippen molar-refractivity contribution in [3.05, 3.63) is 18.2 Å². The standard InChI is InChI=1S/C18H29N5O/c1-21-10-11-22(13-16-19-7-8-20-16)14-18(21)5-4-17(24)23(9-6-18)12-15-2-3-15/h7-8,15H,2-6,9-14H2,1H3,(H,19,20)/t18-/m1/s1. The van der Waals surface area contributed by atoms with Crippen molar-refractivity contribution in [1.82, 2.24) is 24.7 Å². The molecule has 24 heavy (non-hydrogen) atoms. The molecule has 0 radical (unpaired) electrons. The average molecular weight is 331 g/mol. The summed E-state index contributed by atoms with van der Waals surface area (Å²) in [6, 6.07) is 0. The third-order valence-corrected chi connectivity index (χ3v) is 6.19. The van der Waals surface area contributed by atoms with Gasteiger partial charge >= 0.3 is 0 Å². The Morgan fingerprint density at radius 3 is 2.92 bits per heavy atom. The van der Waals surface area contributed by atoms with Crippen molar-refractivity contribution >= 4 is 5.91 Å². The number of nitrogens with zero attached hydrogens (tertiary/aromatic N) is 4. The number of likely N-dealkylation sites (tertiary alicyclic amines) is 1. The summed E-state index contributed by atoms with van der Waals surface area (Å²) in [7, 11) is 2.24. The number of amides is 1. The van der Waals surface area contributed by atoms with E-state index in [1.54, 1.807) is 0 Å². The molecule has 1 saturated carbocycles. The molecule has 132 valence electrons. The van der Waals surface area contributed by atoms with E-state index in [4.69, 9.17) is 0 Å². The first kappa shape index (κ1) is 16.1. The van der Waals surface area contributed by atoms with Crippen LogP contribution in [0.15, 0.2) is 12.4 Å². The lowest BCUT2D eigenvalue weighted by Crippen LogP contribution is -2.60. The number of carbonyl (C=O) groups is 1. The normalized spacial score (nSPS) is 30.0. The van der Waals surface area contributed by atoms with E-state index in [0.29, 0.717) is 12.3 Å². The fraction of sp³-hybridized carbons (Fsp3) is 0.778.